The van der Waals surface area contributed by atoms with Crippen LogP contribution in [0.4, 0.5) is 5.69 Å². The SMILES string of the molecule is COc1ccc(CC(=O)Nc2ccc(-c3csc(-c4ccc(Cl)cc4)n3)cc2)cc1. The lowest BCUT2D eigenvalue weighted by atomic mass is 10.1. The van der Waals surface area contributed by atoms with Gasteiger partial charge in [0.1, 0.15) is 10.8 Å². The quantitative estimate of drug-likeness (QED) is 0.386. The Morgan fingerprint density at radius 3 is 2.30 bits per heavy atom. The van der Waals surface area contributed by atoms with Crippen molar-refractivity contribution in [1.82, 2.24) is 4.98 Å². The van der Waals surface area contributed by atoms with E-state index in [9.17, 15) is 4.79 Å². The fraction of sp³-hybridized carbons (Fsp3) is 0.0833. The Bertz CT molecular complexity index is 1140. The van der Waals surface area contributed by atoms with Gasteiger partial charge in [-0.25, -0.2) is 4.98 Å². The van der Waals surface area contributed by atoms with E-state index in [2.05, 4.69) is 5.32 Å². The Labute approximate surface area is 184 Å². The van der Waals surface area contributed by atoms with E-state index in [0.717, 1.165) is 38.8 Å². The monoisotopic (exact) mass is 434 g/mol. The Balaban J connectivity index is 1.40. The number of carbonyl (C=O) groups excluding carboxylic acids is 1. The molecule has 0 bridgehead atoms. The number of hydrogen-bond donors (Lipinski definition) is 1. The summed E-state index contributed by atoms with van der Waals surface area (Å²) in [4.78, 5) is 17.0. The van der Waals surface area contributed by atoms with E-state index in [0.29, 0.717) is 11.4 Å². The van der Waals surface area contributed by atoms with Crippen LogP contribution in [0.15, 0.2) is 78.2 Å². The topological polar surface area (TPSA) is 51.2 Å². The summed E-state index contributed by atoms with van der Waals surface area (Å²) < 4.78 is 5.14. The molecule has 1 heterocycles. The number of methoxy groups -OCH3 is 1. The molecule has 4 rings (SSSR count). The van der Waals surface area contributed by atoms with Crippen LogP contribution in [-0.2, 0) is 11.2 Å². The van der Waals surface area contributed by atoms with Gasteiger partial charge in [-0.3, -0.25) is 4.79 Å². The zero-order chi connectivity index (χ0) is 20.9. The zero-order valence-corrected chi connectivity index (χ0v) is 17.8. The van der Waals surface area contributed by atoms with Crippen molar-refractivity contribution in [2.45, 2.75) is 6.42 Å². The van der Waals surface area contributed by atoms with Gasteiger partial charge in [0.25, 0.3) is 0 Å². The third-order valence-electron chi connectivity index (χ3n) is 4.58. The first kappa shape index (κ1) is 20.1. The molecule has 0 aliphatic heterocycles. The van der Waals surface area contributed by atoms with Gasteiger partial charge in [-0.2, -0.15) is 0 Å². The molecule has 1 N–H and O–H groups in total. The molecule has 6 heteroatoms. The van der Waals surface area contributed by atoms with Gasteiger partial charge in [0, 0.05) is 27.2 Å². The average Bonchev–Trinajstić information content (AvgIpc) is 3.25. The number of hydrogen-bond acceptors (Lipinski definition) is 4. The van der Waals surface area contributed by atoms with Crippen molar-refractivity contribution in [2.75, 3.05) is 12.4 Å². The standard InChI is InChI=1S/C24H19ClN2O2S/c1-29-21-12-2-16(3-13-21)14-23(28)26-20-10-6-17(7-11-20)22-15-30-24(27-22)18-4-8-19(25)9-5-18/h2-13,15H,14H2,1H3,(H,26,28). The second kappa shape index (κ2) is 9.11. The molecule has 4 nitrogen and oxygen atoms in total. The summed E-state index contributed by atoms with van der Waals surface area (Å²) in [6, 6.07) is 22.8. The maximum Gasteiger partial charge on any atom is 0.228 e. The number of anilines is 1. The number of aromatic nitrogens is 1. The van der Waals surface area contributed by atoms with Crippen molar-refractivity contribution >= 4 is 34.5 Å². The predicted octanol–water partition coefficient (Wildman–Crippen LogP) is 6.32. The molecular formula is C24H19ClN2O2S. The lowest BCUT2D eigenvalue weighted by molar-refractivity contribution is -0.115. The Morgan fingerprint density at radius 1 is 0.967 bits per heavy atom. The first-order valence-corrected chi connectivity index (χ1v) is 10.6. The third-order valence-corrected chi connectivity index (χ3v) is 5.73. The Hall–Kier alpha value is -3.15. The van der Waals surface area contributed by atoms with E-state index >= 15 is 0 Å². The van der Waals surface area contributed by atoms with Crippen LogP contribution in [0, 0.1) is 0 Å². The number of amides is 1. The van der Waals surface area contributed by atoms with Crippen molar-refractivity contribution < 1.29 is 9.53 Å². The molecule has 1 amide bonds. The number of rotatable bonds is 6. The van der Waals surface area contributed by atoms with E-state index in [-0.39, 0.29) is 5.91 Å². The van der Waals surface area contributed by atoms with Crippen LogP contribution in [0.1, 0.15) is 5.56 Å². The number of benzene rings is 3. The highest BCUT2D eigenvalue weighted by molar-refractivity contribution is 7.13. The summed E-state index contributed by atoms with van der Waals surface area (Å²) >= 11 is 7.55. The minimum atomic E-state index is -0.0633. The average molecular weight is 435 g/mol. The van der Waals surface area contributed by atoms with Gasteiger partial charge in [-0.05, 0) is 42.0 Å². The maximum absolute atomic E-state index is 12.3. The molecule has 0 saturated carbocycles. The van der Waals surface area contributed by atoms with Crippen LogP contribution in [0.2, 0.25) is 5.02 Å². The fourth-order valence-corrected chi connectivity index (χ4v) is 3.95. The Kier molecular flexibility index (Phi) is 6.12. The highest BCUT2D eigenvalue weighted by Crippen LogP contribution is 2.30. The largest absolute Gasteiger partial charge is 0.497 e. The third kappa shape index (κ3) is 4.87. The maximum atomic E-state index is 12.3. The minimum absolute atomic E-state index is 0.0633. The highest BCUT2D eigenvalue weighted by atomic mass is 35.5. The summed E-state index contributed by atoms with van der Waals surface area (Å²) in [5, 5.41) is 6.61. The van der Waals surface area contributed by atoms with Gasteiger partial charge in [0.2, 0.25) is 5.91 Å². The van der Waals surface area contributed by atoms with Crippen LogP contribution in [-0.4, -0.2) is 18.0 Å². The number of halogens is 1. The van der Waals surface area contributed by atoms with E-state index in [1.807, 2.05) is 78.2 Å². The second-order valence-corrected chi connectivity index (χ2v) is 7.99. The number of nitrogens with zero attached hydrogens (tertiary/aromatic N) is 1. The van der Waals surface area contributed by atoms with E-state index in [1.54, 1.807) is 18.4 Å². The van der Waals surface area contributed by atoms with E-state index in [1.165, 1.54) is 0 Å². The summed E-state index contributed by atoms with van der Waals surface area (Å²) in [6.45, 7) is 0. The first-order chi connectivity index (χ1) is 14.6. The normalized spacial score (nSPS) is 10.6. The molecule has 0 spiro atoms. The van der Waals surface area contributed by atoms with Crippen molar-refractivity contribution in [1.29, 1.82) is 0 Å². The zero-order valence-electron chi connectivity index (χ0n) is 16.3. The lowest BCUT2D eigenvalue weighted by Crippen LogP contribution is -2.14. The second-order valence-electron chi connectivity index (χ2n) is 6.70. The van der Waals surface area contributed by atoms with Crippen molar-refractivity contribution in [2.24, 2.45) is 0 Å². The molecule has 0 aliphatic rings. The molecule has 0 atom stereocenters. The summed E-state index contributed by atoms with van der Waals surface area (Å²) in [5.41, 5.74) is 4.63. The lowest BCUT2D eigenvalue weighted by Gasteiger charge is -2.07. The number of thiazole rings is 1. The van der Waals surface area contributed by atoms with E-state index in [4.69, 9.17) is 21.3 Å². The van der Waals surface area contributed by atoms with Gasteiger partial charge < -0.3 is 10.1 Å². The molecule has 0 saturated heterocycles. The molecule has 30 heavy (non-hydrogen) atoms. The van der Waals surface area contributed by atoms with Crippen molar-refractivity contribution in [3.63, 3.8) is 0 Å². The van der Waals surface area contributed by atoms with Crippen LogP contribution in [0.3, 0.4) is 0 Å². The summed E-state index contributed by atoms with van der Waals surface area (Å²) in [6.07, 6.45) is 0.308. The summed E-state index contributed by atoms with van der Waals surface area (Å²) in [5.74, 6) is 0.711. The molecule has 150 valence electrons. The molecule has 0 unspecified atom stereocenters. The molecule has 4 aromatic rings. The van der Waals surface area contributed by atoms with Crippen LogP contribution in [0.5, 0.6) is 5.75 Å². The number of nitrogens with one attached hydrogen (secondary N) is 1. The van der Waals surface area contributed by atoms with Gasteiger partial charge in [-0.15, -0.1) is 11.3 Å². The smallest absolute Gasteiger partial charge is 0.228 e. The van der Waals surface area contributed by atoms with Crippen molar-refractivity contribution in [3.05, 3.63) is 88.8 Å². The fourth-order valence-electron chi connectivity index (χ4n) is 2.99. The minimum Gasteiger partial charge on any atom is -0.497 e. The highest BCUT2D eigenvalue weighted by Gasteiger charge is 2.08. The van der Waals surface area contributed by atoms with Gasteiger partial charge in [0.05, 0.1) is 19.2 Å². The Morgan fingerprint density at radius 2 is 1.63 bits per heavy atom. The molecule has 0 radical (unpaired) electrons. The first-order valence-electron chi connectivity index (χ1n) is 9.35. The van der Waals surface area contributed by atoms with Crippen LogP contribution >= 0.6 is 22.9 Å². The van der Waals surface area contributed by atoms with Crippen molar-refractivity contribution in [3.8, 4) is 27.6 Å². The van der Waals surface area contributed by atoms with Gasteiger partial charge >= 0.3 is 0 Å². The van der Waals surface area contributed by atoms with E-state index < -0.39 is 0 Å². The molecule has 1 aromatic heterocycles. The number of carbonyl (C=O) groups is 1. The molecule has 3 aromatic carbocycles. The number of ether oxygens (including phenoxy) is 1. The molecule has 0 aliphatic carbocycles. The van der Waals surface area contributed by atoms with Gasteiger partial charge in [-0.1, -0.05) is 48.0 Å². The molecular weight excluding hydrogens is 416 g/mol. The van der Waals surface area contributed by atoms with Crippen LogP contribution in [0.25, 0.3) is 21.8 Å². The summed E-state index contributed by atoms with van der Waals surface area (Å²) in [7, 11) is 1.62. The van der Waals surface area contributed by atoms with Gasteiger partial charge in [0.15, 0.2) is 0 Å². The molecule has 0 fully saturated rings. The van der Waals surface area contributed by atoms with Crippen LogP contribution < -0.4 is 10.1 Å². The predicted molar refractivity (Wildman–Crippen MR) is 123 cm³/mol.